The van der Waals surface area contributed by atoms with Gasteiger partial charge in [0.1, 0.15) is 17.0 Å². The molecule has 3 N–H and O–H groups in total. The number of likely N-dealkylation sites (tertiary alicyclic amines) is 1. The highest BCUT2D eigenvalue weighted by Gasteiger charge is 2.25. The third-order valence-electron chi connectivity index (χ3n) is 5.34. The Kier molecular flexibility index (Phi) is 5.71. The molecule has 0 unspecified atom stereocenters. The van der Waals surface area contributed by atoms with E-state index in [9.17, 15) is 9.59 Å². The van der Waals surface area contributed by atoms with Gasteiger partial charge in [0.05, 0.1) is 5.39 Å². The summed E-state index contributed by atoms with van der Waals surface area (Å²) in [6.45, 7) is 1.67. The van der Waals surface area contributed by atoms with Gasteiger partial charge in [-0.2, -0.15) is 0 Å². The number of nitrogens with one attached hydrogen (secondary N) is 1. The minimum Gasteiger partial charge on any atom is -0.369 e. The van der Waals surface area contributed by atoms with Gasteiger partial charge in [-0.3, -0.25) is 9.59 Å². The molecule has 1 aliphatic rings. The molecule has 3 heterocycles. The maximum atomic E-state index is 12.5. The van der Waals surface area contributed by atoms with Crippen molar-refractivity contribution in [2.24, 2.45) is 11.7 Å². The van der Waals surface area contributed by atoms with E-state index in [-0.39, 0.29) is 17.7 Å². The number of nitrogens with zero attached hydrogens (tertiary/aromatic N) is 3. The number of rotatable bonds is 6. The number of nitrogens with two attached hydrogens (primary N) is 1. The summed E-state index contributed by atoms with van der Waals surface area (Å²) in [5.41, 5.74) is 7.57. The van der Waals surface area contributed by atoms with E-state index in [1.165, 1.54) is 0 Å². The van der Waals surface area contributed by atoms with E-state index >= 15 is 0 Å². The molecule has 1 aliphatic heterocycles. The summed E-state index contributed by atoms with van der Waals surface area (Å²) >= 11 is 1.58. The summed E-state index contributed by atoms with van der Waals surface area (Å²) in [6, 6.07) is 10.1. The molecular formula is C21H23N5O2S. The molecule has 7 nitrogen and oxygen atoms in total. The average molecular weight is 410 g/mol. The van der Waals surface area contributed by atoms with Crippen LogP contribution in [0.1, 0.15) is 19.3 Å². The monoisotopic (exact) mass is 409 g/mol. The van der Waals surface area contributed by atoms with Crippen molar-refractivity contribution in [2.75, 3.05) is 25.0 Å². The molecule has 4 rings (SSSR count). The Morgan fingerprint density at radius 2 is 1.93 bits per heavy atom. The largest absolute Gasteiger partial charge is 0.369 e. The van der Waals surface area contributed by atoms with Crippen molar-refractivity contribution < 1.29 is 9.59 Å². The quantitative estimate of drug-likeness (QED) is 0.652. The van der Waals surface area contributed by atoms with Gasteiger partial charge in [0.25, 0.3) is 0 Å². The molecule has 3 aromatic rings. The first kappa shape index (κ1) is 19.3. The molecule has 1 fully saturated rings. The molecule has 0 radical (unpaired) electrons. The van der Waals surface area contributed by atoms with Gasteiger partial charge in [0.2, 0.25) is 11.8 Å². The third kappa shape index (κ3) is 4.22. The number of thiophene rings is 1. The topological polar surface area (TPSA) is 101 Å². The summed E-state index contributed by atoms with van der Waals surface area (Å²) in [7, 11) is 0. The Balaban J connectivity index is 1.41. The minimum atomic E-state index is -0.267. The number of amides is 2. The third-order valence-corrected chi connectivity index (χ3v) is 6.22. The van der Waals surface area contributed by atoms with E-state index in [4.69, 9.17) is 5.73 Å². The van der Waals surface area contributed by atoms with Crippen molar-refractivity contribution in [1.82, 2.24) is 14.9 Å². The number of hydrogen-bond acceptors (Lipinski definition) is 6. The number of carbonyl (C=O) groups excluding carboxylic acids is 2. The molecular weight excluding hydrogens is 386 g/mol. The second-order valence-electron chi connectivity index (χ2n) is 7.15. The molecule has 2 aromatic heterocycles. The van der Waals surface area contributed by atoms with Crippen molar-refractivity contribution in [1.29, 1.82) is 0 Å². The lowest BCUT2D eigenvalue weighted by atomic mass is 9.96. The number of fused-ring (bicyclic) bond motifs is 1. The van der Waals surface area contributed by atoms with Gasteiger partial charge in [-0.25, -0.2) is 9.97 Å². The van der Waals surface area contributed by atoms with Gasteiger partial charge in [-0.05, 0) is 18.4 Å². The number of piperidine rings is 1. The number of aromatic nitrogens is 2. The van der Waals surface area contributed by atoms with Crippen molar-refractivity contribution >= 4 is 39.2 Å². The Labute approximate surface area is 173 Å². The highest BCUT2D eigenvalue weighted by Crippen LogP contribution is 2.36. The van der Waals surface area contributed by atoms with E-state index < -0.39 is 0 Å². The fraction of sp³-hybridized carbons (Fsp3) is 0.333. The lowest BCUT2D eigenvalue weighted by Crippen LogP contribution is -2.42. The number of hydrogen-bond donors (Lipinski definition) is 2. The SMILES string of the molecule is NC(=O)C1CCN(C(=O)CCNc2ncnc3scc(-c4ccccc4)c23)CC1. The lowest BCUT2D eigenvalue weighted by molar-refractivity contribution is -0.134. The first-order chi connectivity index (χ1) is 14.1. The minimum absolute atomic E-state index is 0.0827. The van der Waals surface area contributed by atoms with E-state index in [2.05, 4.69) is 32.8 Å². The van der Waals surface area contributed by atoms with Crippen LogP contribution in [0.2, 0.25) is 0 Å². The van der Waals surface area contributed by atoms with Gasteiger partial charge >= 0.3 is 0 Å². The lowest BCUT2D eigenvalue weighted by Gasteiger charge is -2.30. The van der Waals surface area contributed by atoms with Gasteiger partial charge in [0, 0.05) is 42.9 Å². The molecule has 0 bridgehead atoms. The Morgan fingerprint density at radius 1 is 1.17 bits per heavy atom. The molecule has 2 amide bonds. The summed E-state index contributed by atoms with van der Waals surface area (Å²) in [5, 5.41) is 6.39. The predicted octanol–water partition coefficient (Wildman–Crippen LogP) is 2.88. The van der Waals surface area contributed by atoms with E-state index in [1.54, 1.807) is 17.7 Å². The van der Waals surface area contributed by atoms with Crippen LogP contribution >= 0.6 is 11.3 Å². The molecule has 0 atom stereocenters. The molecule has 150 valence electrons. The van der Waals surface area contributed by atoms with Crippen LogP contribution in [0, 0.1) is 5.92 Å². The van der Waals surface area contributed by atoms with Crippen LogP contribution < -0.4 is 11.1 Å². The molecule has 29 heavy (non-hydrogen) atoms. The molecule has 0 aliphatic carbocycles. The Hall–Kier alpha value is -3.00. The first-order valence-electron chi connectivity index (χ1n) is 9.72. The normalized spacial score (nSPS) is 14.8. The van der Waals surface area contributed by atoms with Crippen molar-refractivity contribution in [3.63, 3.8) is 0 Å². The molecule has 8 heteroatoms. The van der Waals surface area contributed by atoms with Gasteiger partial charge < -0.3 is 16.0 Å². The number of benzene rings is 1. The Morgan fingerprint density at radius 3 is 2.66 bits per heavy atom. The number of carbonyl (C=O) groups is 2. The van der Waals surface area contributed by atoms with E-state index in [1.807, 2.05) is 23.1 Å². The molecule has 1 saturated heterocycles. The van der Waals surface area contributed by atoms with Gasteiger partial charge in [0.15, 0.2) is 0 Å². The zero-order valence-electron chi connectivity index (χ0n) is 16.0. The maximum absolute atomic E-state index is 12.5. The van der Waals surface area contributed by atoms with Crippen molar-refractivity contribution in [2.45, 2.75) is 19.3 Å². The van der Waals surface area contributed by atoms with Gasteiger partial charge in [-0.15, -0.1) is 11.3 Å². The second-order valence-corrected chi connectivity index (χ2v) is 8.01. The fourth-order valence-corrected chi connectivity index (χ4v) is 4.61. The van der Waals surface area contributed by atoms with Crippen molar-refractivity contribution in [3.05, 3.63) is 42.0 Å². The summed E-state index contributed by atoms with van der Waals surface area (Å²) in [6.07, 6.45) is 3.22. The van der Waals surface area contributed by atoms with E-state index in [0.29, 0.717) is 38.9 Å². The first-order valence-corrected chi connectivity index (χ1v) is 10.6. The van der Waals surface area contributed by atoms with Crippen LogP contribution in [0.4, 0.5) is 5.82 Å². The maximum Gasteiger partial charge on any atom is 0.224 e. The number of anilines is 1. The zero-order valence-corrected chi connectivity index (χ0v) is 16.8. The summed E-state index contributed by atoms with van der Waals surface area (Å²) < 4.78 is 0. The van der Waals surface area contributed by atoms with Crippen molar-refractivity contribution in [3.8, 4) is 11.1 Å². The van der Waals surface area contributed by atoms with Crippen LogP contribution in [0.15, 0.2) is 42.0 Å². The van der Waals surface area contributed by atoms with Crippen LogP contribution in [0.25, 0.3) is 21.3 Å². The predicted molar refractivity (Wildman–Crippen MR) is 114 cm³/mol. The summed E-state index contributed by atoms with van der Waals surface area (Å²) in [5.74, 6) is 0.452. The highest BCUT2D eigenvalue weighted by atomic mass is 32.1. The van der Waals surface area contributed by atoms with Crippen LogP contribution in [0.3, 0.4) is 0 Å². The molecule has 0 saturated carbocycles. The van der Waals surface area contributed by atoms with Crippen LogP contribution in [-0.4, -0.2) is 46.3 Å². The van der Waals surface area contributed by atoms with Gasteiger partial charge in [-0.1, -0.05) is 30.3 Å². The fourth-order valence-electron chi connectivity index (χ4n) is 3.70. The standard InChI is InChI=1S/C21H23N5O2S/c22-19(28)15-7-10-26(11-8-15)17(27)6-9-23-20-18-16(14-4-2-1-3-5-14)12-29-21(18)25-13-24-20/h1-5,12-13,15H,6-11H2,(H2,22,28)(H,23,24,25). The van der Waals surface area contributed by atoms with Crippen LogP contribution in [-0.2, 0) is 9.59 Å². The Bertz CT molecular complexity index is 1010. The molecule has 0 spiro atoms. The highest BCUT2D eigenvalue weighted by molar-refractivity contribution is 7.17. The summed E-state index contributed by atoms with van der Waals surface area (Å²) in [4.78, 5) is 35.3. The molecule has 1 aromatic carbocycles. The smallest absolute Gasteiger partial charge is 0.224 e. The van der Waals surface area contributed by atoms with Crippen LogP contribution in [0.5, 0.6) is 0 Å². The average Bonchev–Trinajstić information content (AvgIpc) is 3.19. The van der Waals surface area contributed by atoms with E-state index in [0.717, 1.165) is 27.2 Å². The zero-order chi connectivity index (χ0) is 20.2. The number of primary amides is 1. The second kappa shape index (κ2) is 8.57.